The second-order valence-corrected chi connectivity index (χ2v) is 6.32. The number of phenolic OH excluding ortho intramolecular Hbond substituents is 1. The molecule has 0 bridgehead atoms. The Bertz CT molecular complexity index is 527. The van der Waals surface area contributed by atoms with Crippen molar-refractivity contribution in [2.45, 2.75) is 71.4 Å². The highest BCUT2D eigenvalue weighted by Gasteiger charge is 2.26. The fraction of sp³-hybridized carbons (Fsp3) is 0.611. The number of nitrogens with one attached hydrogen (secondary N) is 1. The van der Waals surface area contributed by atoms with Crippen molar-refractivity contribution in [1.29, 1.82) is 0 Å². The van der Waals surface area contributed by atoms with Gasteiger partial charge in [0.1, 0.15) is 11.5 Å². The molecule has 0 aromatic heterocycles. The average Bonchev–Trinajstić information content (AvgIpc) is 2.42. The summed E-state index contributed by atoms with van der Waals surface area (Å²) in [6.07, 6.45) is 6.38. The van der Waals surface area contributed by atoms with Gasteiger partial charge in [0.15, 0.2) is 5.78 Å². The summed E-state index contributed by atoms with van der Waals surface area (Å²) in [5.74, 6) is 0.613. The molecule has 2 N–H and O–H groups in total. The number of Topliss-reactive ketones (excluding diaryl/α,β-unsaturated/α-hetero) is 1. The molecule has 2 atom stereocenters. The van der Waals surface area contributed by atoms with E-state index in [4.69, 9.17) is 4.74 Å². The van der Waals surface area contributed by atoms with Gasteiger partial charge >= 0.3 is 0 Å². The lowest BCUT2D eigenvalue weighted by atomic mass is 9.96. The van der Waals surface area contributed by atoms with Gasteiger partial charge < -0.3 is 15.2 Å². The maximum atomic E-state index is 12.0. The Hall–Kier alpha value is -1.71. The average molecular weight is 305 g/mol. The molecule has 22 heavy (non-hydrogen) atoms. The van der Waals surface area contributed by atoms with Crippen LogP contribution < -0.4 is 10.1 Å². The Balaban J connectivity index is 2.02. The Kier molecular flexibility index (Phi) is 5.69. The number of hydrogen-bond acceptors (Lipinski definition) is 4. The maximum Gasteiger partial charge on any atom is 0.170 e. The van der Waals surface area contributed by atoms with E-state index in [2.05, 4.69) is 12.2 Å². The predicted octanol–water partition coefficient (Wildman–Crippen LogP) is 4.52. The molecule has 2 rings (SSSR count). The molecule has 122 valence electrons. The van der Waals surface area contributed by atoms with Gasteiger partial charge in [0.2, 0.25) is 0 Å². The number of fused-ring (bicyclic) bond motifs is 1. The molecule has 1 aliphatic heterocycles. The van der Waals surface area contributed by atoms with Gasteiger partial charge in [-0.2, -0.15) is 0 Å². The molecule has 0 fully saturated rings. The van der Waals surface area contributed by atoms with Crippen molar-refractivity contribution in [3.8, 4) is 11.5 Å². The first-order chi connectivity index (χ1) is 10.5. The highest BCUT2D eigenvalue weighted by molar-refractivity contribution is 6.06. The number of phenols is 1. The topological polar surface area (TPSA) is 58.6 Å². The first-order valence-corrected chi connectivity index (χ1v) is 8.34. The molecule has 2 unspecified atom stereocenters. The van der Waals surface area contributed by atoms with E-state index in [1.54, 1.807) is 6.07 Å². The van der Waals surface area contributed by atoms with Crippen LogP contribution in [0.15, 0.2) is 12.1 Å². The third kappa shape index (κ3) is 4.15. The zero-order valence-electron chi connectivity index (χ0n) is 13.8. The van der Waals surface area contributed by atoms with E-state index in [-0.39, 0.29) is 23.7 Å². The number of carbonyl (C=O) groups excluding carboxylic acids is 1. The van der Waals surface area contributed by atoms with Gasteiger partial charge in [-0.15, -0.1) is 0 Å². The van der Waals surface area contributed by atoms with Crippen LogP contribution in [0.5, 0.6) is 11.5 Å². The van der Waals surface area contributed by atoms with Crippen molar-refractivity contribution in [2.75, 3.05) is 5.32 Å². The van der Waals surface area contributed by atoms with Crippen molar-refractivity contribution in [2.24, 2.45) is 0 Å². The van der Waals surface area contributed by atoms with Gasteiger partial charge in [-0.05, 0) is 26.7 Å². The summed E-state index contributed by atoms with van der Waals surface area (Å²) < 4.78 is 5.90. The summed E-state index contributed by atoms with van der Waals surface area (Å²) >= 11 is 0. The van der Waals surface area contributed by atoms with Gasteiger partial charge in [-0.25, -0.2) is 0 Å². The molecule has 1 aromatic carbocycles. The number of hydrogen-bond donors (Lipinski definition) is 2. The molecule has 0 spiro atoms. The third-order valence-corrected chi connectivity index (χ3v) is 4.06. The smallest absolute Gasteiger partial charge is 0.170 e. The Labute approximate surface area is 132 Å². The fourth-order valence-electron chi connectivity index (χ4n) is 2.92. The SMILES string of the molecule is CCCCCCC(C)Oc1cc(O)c2c(c1)NC(C)CC2=O. The van der Waals surface area contributed by atoms with Crippen molar-refractivity contribution in [3.63, 3.8) is 0 Å². The van der Waals surface area contributed by atoms with Crippen LogP contribution in [0.3, 0.4) is 0 Å². The number of rotatable bonds is 7. The molecule has 1 heterocycles. The highest BCUT2D eigenvalue weighted by Crippen LogP contribution is 2.36. The van der Waals surface area contributed by atoms with Gasteiger partial charge in [0, 0.05) is 24.6 Å². The number of ketones is 1. The quantitative estimate of drug-likeness (QED) is 0.727. The Morgan fingerprint density at radius 2 is 2.14 bits per heavy atom. The molecule has 1 aromatic rings. The molecule has 0 amide bonds. The monoisotopic (exact) mass is 305 g/mol. The number of unbranched alkanes of at least 4 members (excludes halogenated alkanes) is 3. The number of benzene rings is 1. The molecular formula is C18H27NO3. The van der Waals surface area contributed by atoms with Gasteiger partial charge in [0.25, 0.3) is 0 Å². The minimum Gasteiger partial charge on any atom is -0.507 e. The van der Waals surface area contributed by atoms with Crippen molar-refractivity contribution in [3.05, 3.63) is 17.7 Å². The minimum absolute atomic E-state index is 0.00934. The lowest BCUT2D eigenvalue weighted by molar-refractivity contribution is 0.0972. The predicted molar refractivity (Wildman–Crippen MR) is 89.0 cm³/mol. The van der Waals surface area contributed by atoms with Crippen molar-refractivity contribution in [1.82, 2.24) is 0 Å². The van der Waals surface area contributed by atoms with E-state index in [0.717, 1.165) is 12.8 Å². The van der Waals surface area contributed by atoms with Crippen LogP contribution in [0.1, 0.15) is 69.7 Å². The van der Waals surface area contributed by atoms with Gasteiger partial charge in [-0.3, -0.25) is 4.79 Å². The van der Waals surface area contributed by atoms with E-state index < -0.39 is 0 Å². The van der Waals surface area contributed by atoms with Crippen LogP contribution in [-0.2, 0) is 0 Å². The number of aromatic hydroxyl groups is 1. The van der Waals surface area contributed by atoms with E-state index in [1.165, 1.54) is 19.3 Å². The maximum absolute atomic E-state index is 12.0. The van der Waals surface area contributed by atoms with Crippen molar-refractivity contribution >= 4 is 11.5 Å². The minimum atomic E-state index is -0.0158. The van der Waals surface area contributed by atoms with Gasteiger partial charge in [0.05, 0.1) is 17.4 Å². The molecule has 0 saturated heterocycles. The van der Waals surface area contributed by atoms with Crippen LogP contribution in [0.4, 0.5) is 5.69 Å². The highest BCUT2D eigenvalue weighted by atomic mass is 16.5. The van der Waals surface area contributed by atoms with E-state index in [9.17, 15) is 9.90 Å². The van der Waals surface area contributed by atoms with Crippen LogP contribution in [0.2, 0.25) is 0 Å². The Morgan fingerprint density at radius 3 is 2.86 bits per heavy atom. The normalized spacial score (nSPS) is 18.5. The summed E-state index contributed by atoms with van der Waals surface area (Å²) in [5.41, 5.74) is 1.07. The zero-order chi connectivity index (χ0) is 16.1. The third-order valence-electron chi connectivity index (χ3n) is 4.06. The largest absolute Gasteiger partial charge is 0.507 e. The van der Waals surface area contributed by atoms with E-state index in [0.29, 0.717) is 23.4 Å². The summed E-state index contributed by atoms with van der Waals surface area (Å²) in [4.78, 5) is 12.0. The summed E-state index contributed by atoms with van der Waals surface area (Å²) in [6, 6.07) is 3.46. The first kappa shape index (κ1) is 16.7. The second-order valence-electron chi connectivity index (χ2n) is 6.32. The molecule has 4 heteroatoms. The summed E-state index contributed by atoms with van der Waals surface area (Å²) in [5, 5.41) is 13.4. The summed E-state index contributed by atoms with van der Waals surface area (Å²) in [7, 11) is 0. The van der Waals surface area contributed by atoms with E-state index >= 15 is 0 Å². The molecule has 4 nitrogen and oxygen atoms in total. The number of carbonyl (C=O) groups is 1. The fourth-order valence-corrected chi connectivity index (χ4v) is 2.92. The number of ether oxygens (including phenoxy) is 1. The van der Waals surface area contributed by atoms with Crippen LogP contribution in [0.25, 0.3) is 0 Å². The van der Waals surface area contributed by atoms with Crippen LogP contribution >= 0.6 is 0 Å². The first-order valence-electron chi connectivity index (χ1n) is 8.34. The zero-order valence-corrected chi connectivity index (χ0v) is 13.8. The standard InChI is InChI=1S/C18H27NO3/c1-4-5-6-7-8-13(3)22-14-10-15-18(17(21)11-14)16(20)9-12(2)19-15/h10-13,19,21H,4-9H2,1-3H3. The van der Waals surface area contributed by atoms with Gasteiger partial charge in [-0.1, -0.05) is 26.2 Å². The lowest BCUT2D eigenvalue weighted by Crippen LogP contribution is -2.26. The van der Waals surface area contributed by atoms with Crippen LogP contribution in [-0.4, -0.2) is 23.0 Å². The van der Waals surface area contributed by atoms with E-state index in [1.807, 2.05) is 19.9 Å². The number of anilines is 1. The van der Waals surface area contributed by atoms with Crippen LogP contribution in [0, 0.1) is 0 Å². The molecule has 0 aliphatic carbocycles. The van der Waals surface area contributed by atoms with Crippen molar-refractivity contribution < 1.29 is 14.6 Å². The molecular weight excluding hydrogens is 278 g/mol. The molecule has 1 aliphatic rings. The second kappa shape index (κ2) is 7.52. The summed E-state index contributed by atoms with van der Waals surface area (Å²) in [6.45, 7) is 6.20. The Morgan fingerprint density at radius 1 is 1.36 bits per heavy atom. The molecule has 0 saturated carbocycles. The lowest BCUT2D eigenvalue weighted by Gasteiger charge is -2.25. The molecule has 0 radical (unpaired) electrons.